The molecule has 0 unspecified atom stereocenters. The maximum atomic E-state index is 12.3. The topological polar surface area (TPSA) is 53.2 Å². The van der Waals surface area contributed by atoms with E-state index < -0.39 is 0 Å². The Bertz CT molecular complexity index is 667. The molecule has 1 aliphatic heterocycles. The van der Waals surface area contributed by atoms with Crippen molar-refractivity contribution >= 4 is 23.0 Å². The van der Waals surface area contributed by atoms with Crippen LogP contribution in [-0.2, 0) is 6.42 Å². The Balaban J connectivity index is 1.78. The van der Waals surface area contributed by atoms with E-state index in [0.29, 0.717) is 5.56 Å². The van der Waals surface area contributed by atoms with Crippen molar-refractivity contribution in [3.63, 3.8) is 0 Å². The summed E-state index contributed by atoms with van der Waals surface area (Å²) in [6.07, 6.45) is 0.956. The molecule has 0 atom stereocenters. The minimum absolute atomic E-state index is 0.0848. The predicted octanol–water partition coefficient (Wildman–Crippen LogP) is 3.34. The third-order valence-corrected chi connectivity index (χ3v) is 3.63. The molecule has 108 valence electrons. The second-order valence-corrected chi connectivity index (χ2v) is 5.12. The van der Waals surface area contributed by atoms with E-state index in [9.17, 15) is 4.79 Å². The fraction of sp³-hybridized carbons (Fsp3) is 0.235. The van der Waals surface area contributed by atoms with Crippen molar-refractivity contribution in [2.75, 3.05) is 29.0 Å². The third kappa shape index (κ3) is 2.99. The lowest BCUT2D eigenvalue weighted by Gasteiger charge is -2.20. The van der Waals surface area contributed by atoms with Gasteiger partial charge in [-0.3, -0.25) is 4.79 Å². The number of hydrogen-bond donors (Lipinski definition) is 3. The van der Waals surface area contributed by atoms with Gasteiger partial charge in [-0.25, -0.2) is 0 Å². The van der Waals surface area contributed by atoms with Crippen molar-refractivity contribution in [2.45, 2.75) is 13.3 Å². The molecule has 1 aliphatic rings. The van der Waals surface area contributed by atoms with Crippen LogP contribution in [0.5, 0.6) is 0 Å². The minimum atomic E-state index is -0.0848. The first-order chi connectivity index (χ1) is 10.3. The van der Waals surface area contributed by atoms with Crippen molar-refractivity contribution in [1.29, 1.82) is 0 Å². The van der Waals surface area contributed by atoms with Crippen molar-refractivity contribution in [1.82, 2.24) is 0 Å². The molecule has 21 heavy (non-hydrogen) atoms. The standard InChI is InChI=1S/C17H19N3O/c1-2-12-4-3-5-14(10-12)20-17(21)13-6-7-15-16(11-13)19-9-8-18-15/h3-7,10-11,18-19H,2,8-9H2,1H3,(H,20,21). The molecule has 0 fully saturated rings. The van der Waals surface area contributed by atoms with E-state index in [4.69, 9.17) is 0 Å². The van der Waals surface area contributed by atoms with Crippen LogP contribution < -0.4 is 16.0 Å². The zero-order chi connectivity index (χ0) is 14.7. The van der Waals surface area contributed by atoms with Crippen molar-refractivity contribution in [3.05, 3.63) is 53.6 Å². The Kier molecular flexibility index (Phi) is 3.77. The summed E-state index contributed by atoms with van der Waals surface area (Å²) < 4.78 is 0. The van der Waals surface area contributed by atoms with Crippen molar-refractivity contribution in [3.8, 4) is 0 Å². The maximum Gasteiger partial charge on any atom is 0.255 e. The lowest BCUT2D eigenvalue weighted by Crippen LogP contribution is -2.21. The number of nitrogens with one attached hydrogen (secondary N) is 3. The Morgan fingerprint density at radius 2 is 1.90 bits per heavy atom. The SMILES string of the molecule is CCc1cccc(NC(=O)c2ccc3c(c2)NCCN3)c1. The number of benzene rings is 2. The van der Waals surface area contributed by atoms with Crippen molar-refractivity contribution in [2.24, 2.45) is 0 Å². The molecule has 3 rings (SSSR count). The normalized spacial score (nSPS) is 12.8. The van der Waals surface area contributed by atoms with Gasteiger partial charge in [0.25, 0.3) is 5.91 Å². The number of rotatable bonds is 3. The van der Waals surface area contributed by atoms with Gasteiger partial charge in [0.15, 0.2) is 0 Å². The van der Waals surface area contributed by atoms with Gasteiger partial charge in [0.1, 0.15) is 0 Å². The third-order valence-electron chi connectivity index (χ3n) is 3.63. The summed E-state index contributed by atoms with van der Waals surface area (Å²) in [7, 11) is 0. The van der Waals surface area contributed by atoms with Crippen LogP contribution in [0.4, 0.5) is 17.1 Å². The Morgan fingerprint density at radius 3 is 2.71 bits per heavy atom. The summed E-state index contributed by atoms with van der Waals surface area (Å²) in [5, 5.41) is 9.55. The van der Waals surface area contributed by atoms with Gasteiger partial charge >= 0.3 is 0 Å². The first-order valence-electron chi connectivity index (χ1n) is 7.28. The molecular formula is C17H19N3O. The number of anilines is 3. The van der Waals surface area contributed by atoms with E-state index >= 15 is 0 Å². The highest BCUT2D eigenvalue weighted by atomic mass is 16.1. The molecule has 0 spiro atoms. The fourth-order valence-corrected chi connectivity index (χ4v) is 2.45. The second kappa shape index (κ2) is 5.87. The molecule has 1 heterocycles. The smallest absolute Gasteiger partial charge is 0.255 e. The first kappa shape index (κ1) is 13.5. The van der Waals surface area contributed by atoms with Gasteiger partial charge < -0.3 is 16.0 Å². The van der Waals surface area contributed by atoms with E-state index in [0.717, 1.165) is 36.6 Å². The summed E-state index contributed by atoms with van der Waals surface area (Å²) >= 11 is 0. The first-order valence-corrected chi connectivity index (χ1v) is 7.28. The predicted molar refractivity (Wildman–Crippen MR) is 87.2 cm³/mol. The fourth-order valence-electron chi connectivity index (χ4n) is 2.45. The molecule has 0 radical (unpaired) electrons. The van der Waals surface area contributed by atoms with Crippen LogP contribution in [-0.4, -0.2) is 19.0 Å². The van der Waals surface area contributed by atoms with Gasteiger partial charge in [0.2, 0.25) is 0 Å². The van der Waals surface area contributed by atoms with E-state index in [-0.39, 0.29) is 5.91 Å². The van der Waals surface area contributed by atoms with E-state index in [1.54, 1.807) is 0 Å². The van der Waals surface area contributed by atoms with Gasteiger partial charge in [-0.1, -0.05) is 19.1 Å². The molecule has 4 heteroatoms. The molecule has 2 aromatic rings. The number of carbonyl (C=O) groups excluding carboxylic acids is 1. The summed E-state index contributed by atoms with van der Waals surface area (Å²) in [6.45, 7) is 3.88. The molecule has 0 aromatic heterocycles. The summed E-state index contributed by atoms with van der Waals surface area (Å²) in [4.78, 5) is 12.3. The quantitative estimate of drug-likeness (QED) is 0.809. The molecule has 0 saturated carbocycles. The van der Waals surface area contributed by atoms with Crippen LogP contribution in [0.1, 0.15) is 22.8 Å². The number of aryl methyl sites for hydroxylation is 1. The van der Waals surface area contributed by atoms with Gasteiger partial charge in [0, 0.05) is 24.3 Å². The Labute approximate surface area is 124 Å². The largest absolute Gasteiger partial charge is 0.382 e. The zero-order valence-electron chi connectivity index (χ0n) is 12.1. The molecule has 4 nitrogen and oxygen atoms in total. The number of carbonyl (C=O) groups is 1. The Hall–Kier alpha value is -2.49. The van der Waals surface area contributed by atoms with Crippen molar-refractivity contribution < 1.29 is 4.79 Å². The Morgan fingerprint density at radius 1 is 1.10 bits per heavy atom. The average molecular weight is 281 g/mol. The lowest BCUT2D eigenvalue weighted by molar-refractivity contribution is 0.102. The monoisotopic (exact) mass is 281 g/mol. The van der Waals surface area contributed by atoms with E-state index in [1.807, 2.05) is 36.4 Å². The highest BCUT2D eigenvalue weighted by molar-refractivity contribution is 6.05. The van der Waals surface area contributed by atoms with Gasteiger partial charge in [-0.05, 0) is 42.3 Å². The summed E-state index contributed by atoms with van der Waals surface area (Å²) in [5.74, 6) is -0.0848. The molecule has 0 saturated heterocycles. The average Bonchev–Trinajstić information content (AvgIpc) is 2.54. The molecule has 0 aliphatic carbocycles. The lowest BCUT2D eigenvalue weighted by atomic mass is 10.1. The molecular weight excluding hydrogens is 262 g/mol. The highest BCUT2D eigenvalue weighted by Crippen LogP contribution is 2.25. The van der Waals surface area contributed by atoms with E-state index in [2.05, 4.69) is 28.9 Å². The number of hydrogen-bond acceptors (Lipinski definition) is 3. The number of amides is 1. The second-order valence-electron chi connectivity index (χ2n) is 5.12. The molecule has 3 N–H and O–H groups in total. The van der Waals surface area contributed by atoms with Crippen LogP contribution in [0.2, 0.25) is 0 Å². The summed E-state index contributed by atoms with van der Waals surface area (Å²) in [5.41, 5.74) is 4.74. The number of fused-ring (bicyclic) bond motifs is 1. The summed E-state index contributed by atoms with van der Waals surface area (Å²) in [6, 6.07) is 13.6. The minimum Gasteiger partial charge on any atom is -0.382 e. The van der Waals surface area contributed by atoms with E-state index in [1.165, 1.54) is 5.56 Å². The molecule has 1 amide bonds. The molecule has 0 bridgehead atoms. The zero-order valence-corrected chi connectivity index (χ0v) is 12.1. The van der Waals surface area contributed by atoms with Crippen LogP contribution >= 0.6 is 0 Å². The maximum absolute atomic E-state index is 12.3. The van der Waals surface area contributed by atoms with Gasteiger partial charge in [-0.15, -0.1) is 0 Å². The molecule has 2 aromatic carbocycles. The van der Waals surface area contributed by atoms with Crippen LogP contribution in [0.3, 0.4) is 0 Å². The van der Waals surface area contributed by atoms with Gasteiger partial charge in [0.05, 0.1) is 11.4 Å². The van der Waals surface area contributed by atoms with Crippen LogP contribution in [0, 0.1) is 0 Å². The highest BCUT2D eigenvalue weighted by Gasteiger charge is 2.12. The van der Waals surface area contributed by atoms with Crippen LogP contribution in [0.25, 0.3) is 0 Å². The van der Waals surface area contributed by atoms with Crippen LogP contribution in [0.15, 0.2) is 42.5 Å². The van der Waals surface area contributed by atoms with Gasteiger partial charge in [-0.2, -0.15) is 0 Å².